The van der Waals surface area contributed by atoms with Crippen LogP contribution in [0.5, 0.6) is 0 Å². The molecule has 0 bridgehead atoms. The number of nitro groups is 1. The number of hydrogen-bond acceptors (Lipinski definition) is 3. The van der Waals surface area contributed by atoms with Crippen molar-refractivity contribution in [2.75, 3.05) is 0 Å². The van der Waals surface area contributed by atoms with E-state index in [0.717, 1.165) is 6.42 Å². The highest BCUT2D eigenvalue weighted by molar-refractivity contribution is 6.87. The zero-order valence-corrected chi connectivity index (χ0v) is 18.2. The molecule has 0 N–H and O–H groups in total. The second kappa shape index (κ2) is 7.94. The highest BCUT2D eigenvalue weighted by Gasteiger charge is 2.27. The third-order valence-corrected chi connectivity index (χ3v) is 8.06. The molecule has 0 radical (unpaired) electrons. The number of allylic oxidation sites excluding steroid dienone is 2. The van der Waals surface area contributed by atoms with Crippen LogP contribution in [0.1, 0.15) is 23.7 Å². The molecular weight excluding hydrogens is 346 g/mol. The minimum atomic E-state index is -1.94. The molecule has 4 nitrogen and oxygen atoms in total. The Bertz CT molecular complexity index is 768. The fourth-order valence-electron chi connectivity index (χ4n) is 2.41. The molecule has 0 aliphatic rings. The van der Waals surface area contributed by atoms with Crippen molar-refractivity contribution in [3.8, 4) is 0 Å². The summed E-state index contributed by atoms with van der Waals surface area (Å²) in [4.78, 5) is 23.3. The van der Waals surface area contributed by atoms with Gasteiger partial charge < -0.3 is 0 Å². The van der Waals surface area contributed by atoms with Crippen molar-refractivity contribution in [1.29, 1.82) is 0 Å². The van der Waals surface area contributed by atoms with Crippen LogP contribution in [0, 0.1) is 10.1 Å². The molecule has 0 spiro atoms. The summed E-state index contributed by atoms with van der Waals surface area (Å²) in [6, 6.07) is 5.78. The lowest BCUT2D eigenvalue weighted by Gasteiger charge is -2.18. The van der Waals surface area contributed by atoms with Crippen LogP contribution in [-0.4, -0.2) is 26.9 Å². The Morgan fingerprint density at radius 3 is 1.88 bits per heavy atom. The second-order valence-corrected chi connectivity index (χ2v) is 18.2. The normalized spacial score (nSPS) is 11.3. The summed E-state index contributed by atoms with van der Waals surface area (Å²) >= 11 is 0. The van der Waals surface area contributed by atoms with E-state index in [2.05, 4.69) is 57.7 Å². The molecule has 1 aromatic carbocycles. The van der Waals surface area contributed by atoms with Crippen LogP contribution in [0.4, 0.5) is 5.69 Å². The molecule has 0 heterocycles. The topological polar surface area (TPSA) is 60.2 Å². The van der Waals surface area contributed by atoms with E-state index in [-0.39, 0.29) is 11.5 Å². The number of ketones is 1. The van der Waals surface area contributed by atoms with Crippen LogP contribution in [0.25, 0.3) is 0 Å². The first-order valence-corrected chi connectivity index (χ1v) is 15.4. The Hall–Kier alpha value is -1.98. The van der Waals surface area contributed by atoms with Gasteiger partial charge >= 0.3 is 0 Å². The van der Waals surface area contributed by atoms with E-state index < -0.39 is 21.1 Å². The maximum Gasteiger partial charge on any atom is 0.269 e. The van der Waals surface area contributed by atoms with Crippen LogP contribution in [-0.2, 0) is 0 Å². The molecule has 0 amide bonds. The minimum absolute atomic E-state index is 0.0162. The van der Waals surface area contributed by atoms with Gasteiger partial charge in [-0.05, 0) is 23.7 Å². The zero-order chi connectivity index (χ0) is 19.4. The highest BCUT2D eigenvalue weighted by Crippen LogP contribution is 2.21. The maximum atomic E-state index is 13.0. The molecule has 134 valence electrons. The molecule has 0 aliphatic carbocycles. The van der Waals surface area contributed by atoms with Gasteiger partial charge in [-0.15, -0.1) is 0 Å². The predicted molar refractivity (Wildman–Crippen MR) is 108 cm³/mol. The Balaban J connectivity index is 3.52. The monoisotopic (exact) mass is 373 g/mol. The summed E-state index contributed by atoms with van der Waals surface area (Å²) < 4.78 is 0. The van der Waals surface area contributed by atoms with Crippen molar-refractivity contribution < 1.29 is 9.72 Å². The maximum absolute atomic E-state index is 13.0. The average molecular weight is 374 g/mol. The molecule has 1 aromatic rings. The lowest BCUT2D eigenvalue weighted by Crippen LogP contribution is -2.29. The number of nitrogens with zero attached hydrogens (tertiary/aromatic N) is 1. The number of benzene rings is 1. The van der Waals surface area contributed by atoms with Gasteiger partial charge in [0, 0.05) is 22.9 Å². The number of nitro benzene ring substituents is 1. The van der Waals surface area contributed by atoms with Crippen molar-refractivity contribution in [3.63, 3.8) is 0 Å². The second-order valence-electron chi connectivity index (χ2n) is 8.09. The van der Waals surface area contributed by atoms with Crippen molar-refractivity contribution >= 4 is 27.6 Å². The SMILES string of the molecule is CCC(=C=C=C(C(=O)c1ccc([N+](=O)[O-])cc1)[Si](C)(C)C)[Si](C)(C)C. The molecule has 0 saturated carbocycles. The smallest absolute Gasteiger partial charge is 0.269 e. The lowest BCUT2D eigenvalue weighted by molar-refractivity contribution is -0.384. The lowest BCUT2D eigenvalue weighted by atomic mass is 10.1. The van der Waals surface area contributed by atoms with Gasteiger partial charge in [-0.25, -0.2) is 0 Å². The summed E-state index contributed by atoms with van der Waals surface area (Å²) in [5.41, 5.74) is 6.93. The van der Waals surface area contributed by atoms with Gasteiger partial charge in [-0.3, -0.25) is 14.9 Å². The van der Waals surface area contributed by atoms with Gasteiger partial charge in [0.15, 0.2) is 5.78 Å². The average Bonchev–Trinajstić information content (AvgIpc) is 2.48. The Morgan fingerprint density at radius 1 is 1.00 bits per heavy atom. The molecule has 6 heteroatoms. The number of rotatable bonds is 6. The van der Waals surface area contributed by atoms with E-state index in [9.17, 15) is 14.9 Å². The Labute approximate surface area is 152 Å². The first kappa shape index (κ1) is 21.1. The standard InChI is InChI=1S/C19H27NO3Si2/c1-8-17(24(2,3)4)13-14-18(25(5,6)7)19(21)15-9-11-16(12-10-15)20(22)23/h9-12H,8H2,1-7H3. The van der Waals surface area contributed by atoms with E-state index in [4.69, 9.17) is 0 Å². The van der Waals surface area contributed by atoms with E-state index in [1.165, 1.54) is 29.5 Å². The van der Waals surface area contributed by atoms with Gasteiger partial charge in [0.25, 0.3) is 5.69 Å². The first-order chi connectivity index (χ1) is 11.4. The molecule has 1 rings (SSSR count). The Kier molecular flexibility index (Phi) is 6.69. The zero-order valence-electron chi connectivity index (χ0n) is 16.2. The Morgan fingerprint density at radius 2 is 1.52 bits per heavy atom. The quantitative estimate of drug-likeness (QED) is 0.164. The van der Waals surface area contributed by atoms with Crippen LogP contribution < -0.4 is 0 Å². The van der Waals surface area contributed by atoms with E-state index >= 15 is 0 Å². The summed E-state index contributed by atoms with van der Waals surface area (Å²) in [6.07, 6.45) is 0.910. The highest BCUT2D eigenvalue weighted by atomic mass is 28.3. The molecule has 0 fully saturated rings. The molecule has 0 saturated heterocycles. The van der Waals surface area contributed by atoms with Crippen molar-refractivity contribution in [1.82, 2.24) is 0 Å². The number of carbonyl (C=O) groups is 1. The summed E-state index contributed by atoms with van der Waals surface area (Å²) in [7, 11) is -3.43. The number of non-ortho nitro benzene ring substituents is 1. The summed E-state index contributed by atoms with van der Waals surface area (Å²) in [6.45, 7) is 15.2. The van der Waals surface area contributed by atoms with Crippen molar-refractivity contribution in [2.45, 2.75) is 52.6 Å². The van der Waals surface area contributed by atoms with Crippen LogP contribution in [0.3, 0.4) is 0 Å². The third kappa shape index (κ3) is 5.80. The van der Waals surface area contributed by atoms with Gasteiger partial charge in [0.2, 0.25) is 0 Å². The predicted octanol–water partition coefficient (Wildman–Crippen LogP) is 5.55. The van der Waals surface area contributed by atoms with Gasteiger partial charge in [0.1, 0.15) is 0 Å². The molecule has 0 aliphatic heterocycles. The molecular formula is C19H27NO3Si2. The summed E-state index contributed by atoms with van der Waals surface area (Å²) in [5.74, 6) is -0.104. The van der Waals surface area contributed by atoms with E-state index in [0.29, 0.717) is 10.8 Å². The number of hydrogen-bond donors (Lipinski definition) is 0. The molecule has 0 atom stereocenters. The van der Waals surface area contributed by atoms with Gasteiger partial charge in [0.05, 0.1) is 21.1 Å². The minimum Gasteiger partial charge on any atom is -0.289 e. The van der Waals surface area contributed by atoms with Crippen LogP contribution in [0.2, 0.25) is 39.3 Å². The molecule has 25 heavy (non-hydrogen) atoms. The third-order valence-electron chi connectivity index (χ3n) is 3.91. The van der Waals surface area contributed by atoms with Gasteiger partial charge in [-0.1, -0.05) is 57.7 Å². The van der Waals surface area contributed by atoms with Crippen LogP contribution >= 0.6 is 0 Å². The molecule has 0 unspecified atom stereocenters. The van der Waals surface area contributed by atoms with Gasteiger partial charge in [-0.2, -0.15) is 0 Å². The van der Waals surface area contributed by atoms with E-state index in [1.54, 1.807) is 0 Å². The van der Waals surface area contributed by atoms with Crippen molar-refractivity contribution in [3.05, 3.63) is 61.8 Å². The van der Waals surface area contributed by atoms with E-state index in [1.807, 2.05) is 0 Å². The molecule has 0 aromatic heterocycles. The van der Waals surface area contributed by atoms with Crippen LogP contribution in [0.15, 0.2) is 46.1 Å². The largest absolute Gasteiger partial charge is 0.289 e. The first-order valence-electron chi connectivity index (χ1n) is 8.42. The summed E-state index contributed by atoms with van der Waals surface area (Å²) in [5, 5.41) is 12.7. The fraction of sp³-hybridized carbons (Fsp3) is 0.421. The number of Topliss-reactive ketones (excluding diaryl/α,β-unsaturated/α-hetero) is 1. The fourth-order valence-corrected chi connectivity index (χ4v) is 5.17. The number of carbonyl (C=O) groups excluding carboxylic acids is 1. The van der Waals surface area contributed by atoms with Crippen molar-refractivity contribution in [2.24, 2.45) is 0 Å².